The lowest BCUT2D eigenvalue weighted by Crippen LogP contribution is -2.08. The van der Waals surface area contributed by atoms with Crippen molar-refractivity contribution >= 4 is 23.4 Å². The second-order valence-electron chi connectivity index (χ2n) is 3.47. The molecule has 0 radical (unpaired) electrons. The number of nitrogens with two attached hydrogens (primary N) is 1. The van der Waals surface area contributed by atoms with Crippen LogP contribution in [0.4, 0.5) is 11.6 Å². The summed E-state index contributed by atoms with van der Waals surface area (Å²) >= 11 is 0.846. The van der Waals surface area contributed by atoms with E-state index in [1.54, 1.807) is 6.92 Å². The number of aromatic amines is 1. The molecule has 2 rings (SSSR count). The van der Waals surface area contributed by atoms with Gasteiger partial charge in [-0.15, -0.1) is 0 Å². The van der Waals surface area contributed by atoms with Gasteiger partial charge in [-0.05, 0) is 18.7 Å². The van der Waals surface area contributed by atoms with Crippen LogP contribution in [0.3, 0.4) is 0 Å². The number of nitrogen functional groups attached to an aromatic ring is 1. The van der Waals surface area contributed by atoms with E-state index in [9.17, 15) is 14.9 Å². The SMILES string of the molecule is Cc1cc(=O)[nH]c(Sc2nc(N)ncc2[N+](=O)[O-])n1. The molecule has 0 unspecified atom stereocenters. The van der Waals surface area contributed by atoms with Gasteiger partial charge in [0.05, 0.1) is 4.92 Å². The third-order valence-corrected chi connectivity index (χ3v) is 2.87. The molecule has 0 saturated heterocycles. The van der Waals surface area contributed by atoms with Crippen LogP contribution in [0.1, 0.15) is 5.69 Å². The van der Waals surface area contributed by atoms with Gasteiger partial charge < -0.3 is 10.7 Å². The number of anilines is 1. The van der Waals surface area contributed by atoms with Crippen molar-refractivity contribution in [2.45, 2.75) is 17.1 Å². The summed E-state index contributed by atoms with van der Waals surface area (Å²) in [7, 11) is 0. The Morgan fingerprint density at radius 1 is 1.47 bits per heavy atom. The lowest BCUT2D eigenvalue weighted by atomic mass is 10.5. The predicted octanol–water partition coefficient (Wildman–Crippen LogP) is 0.510. The Hall–Kier alpha value is -2.49. The molecule has 0 fully saturated rings. The molecule has 0 amide bonds. The number of aromatic nitrogens is 4. The second-order valence-corrected chi connectivity index (χ2v) is 4.45. The van der Waals surface area contributed by atoms with Gasteiger partial charge in [0.1, 0.15) is 6.20 Å². The van der Waals surface area contributed by atoms with Crippen LogP contribution in [-0.4, -0.2) is 24.9 Å². The molecule has 0 aliphatic heterocycles. The molecule has 3 N–H and O–H groups in total. The minimum Gasteiger partial charge on any atom is -0.368 e. The fourth-order valence-corrected chi connectivity index (χ4v) is 2.16. The zero-order chi connectivity index (χ0) is 14.0. The van der Waals surface area contributed by atoms with Crippen LogP contribution in [-0.2, 0) is 0 Å². The fraction of sp³-hybridized carbons (Fsp3) is 0.111. The van der Waals surface area contributed by atoms with E-state index < -0.39 is 4.92 Å². The van der Waals surface area contributed by atoms with E-state index in [2.05, 4.69) is 19.9 Å². The molecule has 2 aromatic rings. The number of aryl methyl sites for hydroxylation is 1. The van der Waals surface area contributed by atoms with Gasteiger partial charge >= 0.3 is 5.69 Å². The number of hydrogen-bond donors (Lipinski definition) is 2. The average molecular weight is 280 g/mol. The summed E-state index contributed by atoms with van der Waals surface area (Å²) in [5, 5.41) is 11.1. The molecule has 2 aromatic heterocycles. The number of nitrogens with one attached hydrogen (secondary N) is 1. The zero-order valence-corrected chi connectivity index (χ0v) is 10.5. The van der Waals surface area contributed by atoms with E-state index >= 15 is 0 Å². The van der Waals surface area contributed by atoms with Crippen molar-refractivity contribution in [3.05, 3.63) is 38.4 Å². The quantitative estimate of drug-likeness (QED) is 0.358. The largest absolute Gasteiger partial charge is 0.368 e. The minimum absolute atomic E-state index is 0.0197. The Bertz CT molecular complexity index is 701. The summed E-state index contributed by atoms with van der Waals surface area (Å²) in [6.07, 6.45) is 1.01. The van der Waals surface area contributed by atoms with Gasteiger partial charge in [0.25, 0.3) is 5.56 Å². The summed E-state index contributed by atoms with van der Waals surface area (Å²) in [5.74, 6) is -0.0944. The maximum atomic E-state index is 11.3. The van der Waals surface area contributed by atoms with Gasteiger partial charge in [-0.2, -0.15) is 4.98 Å². The van der Waals surface area contributed by atoms with Crippen LogP contribution in [0.15, 0.2) is 27.2 Å². The Morgan fingerprint density at radius 3 is 2.84 bits per heavy atom. The minimum atomic E-state index is -0.629. The van der Waals surface area contributed by atoms with Crippen LogP contribution in [0.5, 0.6) is 0 Å². The summed E-state index contributed by atoms with van der Waals surface area (Å²) in [6.45, 7) is 1.64. The molecule has 98 valence electrons. The molecular formula is C9H8N6O3S. The van der Waals surface area contributed by atoms with Crippen molar-refractivity contribution in [1.29, 1.82) is 0 Å². The van der Waals surface area contributed by atoms with E-state index in [1.807, 2.05) is 0 Å². The first kappa shape index (κ1) is 13.0. The van der Waals surface area contributed by atoms with Crippen LogP contribution in [0.2, 0.25) is 0 Å². The van der Waals surface area contributed by atoms with Crippen LogP contribution in [0.25, 0.3) is 0 Å². The Labute approximate surface area is 110 Å². The highest BCUT2D eigenvalue weighted by Crippen LogP contribution is 2.30. The normalized spacial score (nSPS) is 10.4. The van der Waals surface area contributed by atoms with Gasteiger partial charge in [-0.1, -0.05) is 0 Å². The highest BCUT2D eigenvalue weighted by atomic mass is 32.2. The van der Waals surface area contributed by atoms with Crippen molar-refractivity contribution < 1.29 is 4.92 Å². The van der Waals surface area contributed by atoms with Gasteiger partial charge in [0.2, 0.25) is 5.95 Å². The second kappa shape index (κ2) is 5.02. The Kier molecular flexibility index (Phi) is 3.42. The number of rotatable bonds is 3. The lowest BCUT2D eigenvalue weighted by Gasteiger charge is -2.02. The van der Waals surface area contributed by atoms with Crippen molar-refractivity contribution in [3.8, 4) is 0 Å². The monoisotopic (exact) mass is 280 g/mol. The molecule has 0 aliphatic rings. The van der Waals surface area contributed by atoms with Crippen molar-refractivity contribution in [2.75, 3.05) is 5.73 Å². The first-order chi connectivity index (χ1) is 8.95. The standard InChI is InChI=1S/C9H8N6O3S/c1-4-2-6(16)13-9(12-4)19-7-5(15(17)18)3-11-8(10)14-7/h2-3H,1H3,(H2,10,11,14)(H,12,13,16). The molecule has 0 aliphatic carbocycles. The van der Waals surface area contributed by atoms with E-state index in [0.717, 1.165) is 18.0 Å². The predicted molar refractivity (Wildman–Crippen MR) is 66.8 cm³/mol. The fourth-order valence-electron chi connectivity index (χ4n) is 1.26. The highest BCUT2D eigenvalue weighted by molar-refractivity contribution is 7.99. The molecular weight excluding hydrogens is 272 g/mol. The van der Waals surface area contributed by atoms with Crippen LogP contribution in [0, 0.1) is 17.0 Å². The van der Waals surface area contributed by atoms with Crippen molar-refractivity contribution in [2.24, 2.45) is 0 Å². The maximum Gasteiger partial charge on any atom is 0.320 e. The van der Waals surface area contributed by atoms with Crippen molar-refractivity contribution in [3.63, 3.8) is 0 Å². The highest BCUT2D eigenvalue weighted by Gasteiger charge is 2.18. The van der Waals surface area contributed by atoms with E-state index in [4.69, 9.17) is 5.73 Å². The summed E-state index contributed by atoms with van der Waals surface area (Å²) < 4.78 is 0. The number of hydrogen-bond acceptors (Lipinski definition) is 8. The van der Waals surface area contributed by atoms with Gasteiger partial charge in [0.15, 0.2) is 10.2 Å². The number of H-pyrrole nitrogens is 1. The first-order valence-corrected chi connectivity index (χ1v) is 5.80. The molecule has 9 nitrogen and oxygen atoms in total. The summed E-state index contributed by atoms with van der Waals surface area (Å²) in [6, 6.07) is 1.31. The maximum absolute atomic E-state index is 11.3. The van der Waals surface area contributed by atoms with Gasteiger partial charge in [-0.25, -0.2) is 9.97 Å². The van der Waals surface area contributed by atoms with Gasteiger partial charge in [-0.3, -0.25) is 14.9 Å². The first-order valence-electron chi connectivity index (χ1n) is 4.98. The lowest BCUT2D eigenvalue weighted by molar-refractivity contribution is -0.388. The third-order valence-electron chi connectivity index (χ3n) is 1.99. The molecule has 2 heterocycles. The molecule has 10 heteroatoms. The van der Waals surface area contributed by atoms with Crippen LogP contribution >= 0.6 is 11.8 Å². The number of nitrogens with zero attached hydrogens (tertiary/aromatic N) is 4. The van der Waals surface area contributed by atoms with E-state index in [1.165, 1.54) is 6.07 Å². The molecule has 0 bridgehead atoms. The van der Waals surface area contributed by atoms with Crippen molar-refractivity contribution in [1.82, 2.24) is 19.9 Å². The molecule has 0 aromatic carbocycles. The number of nitro groups is 1. The molecule has 0 saturated carbocycles. The smallest absolute Gasteiger partial charge is 0.320 e. The molecule has 0 spiro atoms. The Balaban J connectivity index is 2.45. The van der Waals surface area contributed by atoms with E-state index in [0.29, 0.717) is 5.69 Å². The molecule has 0 atom stereocenters. The van der Waals surface area contributed by atoms with Crippen LogP contribution < -0.4 is 11.3 Å². The Morgan fingerprint density at radius 2 is 2.21 bits per heavy atom. The average Bonchev–Trinajstić information content (AvgIpc) is 2.26. The topological polar surface area (TPSA) is 141 Å². The van der Waals surface area contributed by atoms with Gasteiger partial charge in [0, 0.05) is 11.8 Å². The summed E-state index contributed by atoms with van der Waals surface area (Å²) in [4.78, 5) is 35.3. The van der Waals surface area contributed by atoms with E-state index in [-0.39, 0.29) is 27.4 Å². The zero-order valence-electron chi connectivity index (χ0n) is 9.65. The molecule has 19 heavy (non-hydrogen) atoms. The summed E-state index contributed by atoms with van der Waals surface area (Å²) in [5.41, 5.74) is 5.24. The third kappa shape index (κ3) is 3.04.